The van der Waals surface area contributed by atoms with Crippen molar-refractivity contribution in [3.63, 3.8) is 0 Å². The van der Waals surface area contributed by atoms with Crippen molar-refractivity contribution >= 4 is 46.6 Å². The Labute approximate surface area is 131 Å². The third-order valence-corrected chi connectivity index (χ3v) is 4.54. The predicted octanol–water partition coefficient (Wildman–Crippen LogP) is 3.77. The molecule has 1 aromatic rings. The van der Waals surface area contributed by atoms with Crippen LogP contribution in [0.2, 0.25) is 10.0 Å². The largest absolute Gasteiger partial charge is 0.352 e. The lowest BCUT2D eigenvalue weighted by Crippen LogP contribution is -2.26. The van der Waals surface area contributed by atoms with E-state index in [0.29, 0.717) is 11.8 Å². The zero-order valence-corrected chi connectivity index (χ0v) is 13.3. The molecule has 0 fully saturated rings. The number of carbonyl (C=O) groups excluding carboxylic acids is 1. The van der Waals surface area contributed by atoms with E-state index < -0.39 is 10.8 Å². The van der Waals surface area contributed by atoms with E-state index in [1.165, 1.54) is 6.07 Å². The Balaban J connectivity index is 2.81. The molecule has 0 saturated heterocycles. The van der Waals surface area contributed by atoms with Crippen LogP contribution in [-0.4, -0.2) is 28.9 Å². The molecule has 1 aromatic carbocycles. The van der Waals surface area contributed by atoms with Crippen LogP contribution in [0.25, 0.3) is 0 Å². The maximum Gasteiger partial charge on any atom is 0.290 e. The van der Waals surface area contributed by atoms with Crippen molar-refractivity contribution in [3.05, 3.63) is 37.9 Å². The maximum absolute atomic E-state index is 11.9. The number of benzene rings is 1. The van der Waals surface area contributed by atoms with Crippen LogP contribution in [0.15, 0.2) is 12.1 Å². The van der Waals surface area contributed by atoms with E-state index in [2.05, 4.69) is 12.2 Å². The number of rotatable bonds is 6. The molecule has 0 spiro atoms. The highest BCUT2D eigenvalue weighted by Crippen LogP contribution is 2.33. The van der Waals surface area contributed by atoms with Crippen LogP contribution < -0.4 is 5.32 Å². The molecule has 8 heteroatoms. The molecule has 0 aliphatic rings. The Morgan fingerprint density at radius 1 is 1.50 bits per heavy atom. The molecular formula is C12H14Cl2N2O3S. The molecule has 1 N–H and O–H groups in total. The quantitative estimate of drug-likeness (QED) is 0.633. The molecule has 0 aromatic heterocycles. The fraction of sp³-hybridized carbons (Fsp3) is 0.417. The molecule has 0 bridgehead atoms. The maximum atomic E-state index is 11.9. The van der Waals surface area contributed by atoms with Crippen LogP contribution >= 0.6 is 35.0 Å². The number of nitrogens with zero attached hydrogens (tertiary/aromatic N) is 1. The van der Waals surface area contributed by atoms with Gasteiger partial charge in [0, 0.05) is 23.4 Å². The number of nitro benzene ring substituents is 1. The molecule has 1 rings (SSSR count). The summed E-state index contributed by atoms with van der Waals surface area (Å²) in [6.45, 7) is 2.55. The molecule has 1 unspecified atom stereocenters. The average Bonchev–Trinajstić information content (AvgIpc) is 2.40. The summed E-state index contributed by atoms with van der Waals surface area (Å²) in [5, 5.41) is 13.8. The van der Waals surface area contributed by atoms with Crippen LogP contribution in [0, 0.1) is 10.1 Å². The highest BCUT2D eigenvalue weighted by molar-refractivity contribution is 7.99. The molecule has 20 heavy (non-hydrogen) atoms. The van der Waals surface area contributed by atoms with Crippen LogP contribution in [0.5, 0.6) is 0 Å². The smallest absolute Gasteiger partial charge is 0.290 e. The van der Waals surface area contributed by atoms with E-state index in [1.807, 2.05) is 6.26 Å². The summed E-state index contributed by atoms with van der Waals surface area (Å²) in [5.41, 5.74) is -0.246. The van der Waals surface area contributed by atoms with E-state index in [1.54, 1.807) is 11.8 Å². The number of amides is 1. The first-order valence-electron chi connectivity index (χ1n) is 5.81. The van der Waals surface area contributed by atoms with Gasteiger partial charge in [0.05, 0.1) is 9.95 Å². The fourth-order valence-electron chi connectivity index (χ4n) is 1.45. The first-order valence-corrected chi connectivity index (χ1v) is 7.85. The minimum absolute atomic E-state index is 0.0106. The third kappa shape index (κ3) is 4.54. The monoisotopic (exact) mass is 336 g/mol. The highest BCUT2D eigenvalue weighted by Gasteiger charge is 2.20. The molecular weight excluding hydrogens is 323 g/mol. The van der Waals surface area contributed by atoms with Gasteiger partial charge in [0.2, 0.25) is 0 Å². The Hall–Kier alpha value is -0.980. The summed E-state index contributed by atoms with van der Waals surface area (Å²) in [4.78, 5) is 22.1. The number of hydrogen-bond acceptors (Lipinski definition) is 4. The molecule has 5 nitrogen and oxygen atoms in total. The van der Waals surface area contributed by atoms with Gasteiger partial charge in [0.1, 0.15) is 5.02 Å². The zero-order chi connectivity index (χ0) is 15.3. The summed E-state index contributed by atoms with van der Waals surface area (Å²) in [6.07, 6.45) is 2.81. The van der Waals surface area contributed by atoms with Crippen molar-refractivity contribution in [2.45, 2.75) is 18.6 Å². The lowest BCUT2D eigenvalue weighted by Gasteiger charge is -2.09. The Kier molecular flexibility index (Phi) is 6.58. The van der Waals surface area contributed by atoms with Gasteiger partial charge in [-0.05, 0) is 18.7 Å². The minimum atomic E-state index is -0.666. The molecule has 1 amide bonds. The Morgan fingerprint density at radius 2 is 2.15 bits per heavy atom. The summed E-state index contributed by atoms with van der Waals surface area (Å²) < 4.78 is 0. The number of nitro groups is 1. The molecule has 0 heterocycles. The lowest BCUT2D eigenvalue weighted by molar-refractivity contribution is -0.384. The topological polar surface area (TPSA) is 72.2 Å². The molecule has 0 aliphatic carbocycles. The Morgan fingerprint density at radius 3 is 2.70 bits per heavy atom. The number of hydrogen-bond donors (Lipinski definition) is 1. The van der Waals surface area contributed by atoms with Crippen molar-refractivity contribution in [3.8, 4) is 0 Å². The van der Waals surface area contributed by atoms with Gasteiger partial charge in [-0.15, -0.1) is 0 Å². The second kappa shape index (κ2) is 7.71. The first-order chi connectivity index (χ1) is 9.36. The van der Waals surface area contributed by atoms with Crippen LogP contribution in [0.1, 0.15) is 23.7 Å². The van der Waals surface area contributed by atoms with Gasteiger partial charge in [-0.1, -0.05) is 30.1 Å². The van der Waals surface area contributed by atoms with Gasteiger partial charge in [0.25, 0.3) is 11.6 Å². The predicted molar refractivity (Wildman–Crippen MR) is 83.0 cm³/mol. The number of halogens is 2. The Bertz CT molecular complexity index is 526. The molecule has 1 atom stereocenters. The summed E-state index contributed by atoms with van der Waals surface area (Å²) in [7, 11) is 0. The summed E-state index contributed by atoms with van der Waals surface area (Å²) in [5.74, 6) is -0.403. The second-order valence-corrected chi connectivity index (χ2v) is 6.20. The number of nitrogens with one attached hydrogen (secondary N) is 1. The van der Waals surface area contributed by atoms with E-state index in [0.717, 1.165) is 12.5 Å². The average molecular weight is 337 g/mol. The van der Waals surface area contributed by atoms with Gasteiger partial charge in [-0.3, -0.25) is 14.9 Å². The lowest BCUT2D eigenvalue weighted by atomic mass is 10.2. The van der Waals surface area contributed by atoms with Crippen molar-refractivity contribution in [2.75, 3.05) is 12.8 Å². The number of thioether (sulfide) groups is 1. The van der Waals surface area contributed by atoms with Crippen LogP contribution in [0.3, 0.4) is 0 Å². The van der Waals surface area contributed by atoms with E-state index >= 15 is 0 Å². The fourth-order valence-corrected chi connectivity index (χ4v) is 2.19. The zero-order valence-electron chi connectivity index (χ0n) is 11.0. The van der Waals surface area contributed by atoms with Crippen LogP contribution in [0.4, 0.5) is 5.69 Å². The van der Waals surface area contributed by atoms with E-state index in [4.69, 9.17) is 23.2 Å². The van der Waals surface area contributed by atoms with Crippen molar-refractivity contribution in [1.82, 2.24) is 5.32 Å². The van der Waals surface area contributed by atoms with E-state index in [9.17, 15) is 14.9 Å². The highest BCUT2D eigenvalue weighted by atomic mass is 35.5. The van der Waals surface area contributed by atoms with Gasteiger partial charge in [-0.25, -0.2) is 0 Å². The van der Waals surface area contributed by atoms with Gasteiger partial charge in [-0.2, -0.15) is 11.8 Å². The standard InChI is InChI=1S/C12H14Cl2N2O3S/c1-7(20-2)3-4-15-12(17)8-5-9(13)11(14)10(6-8)16(18)19/h5-7H,3-4H2,1-2H3,(H,15,17). The van der Waals surface area contributed by atoms with Crippen molar-refractivity contribution < 1.29 is 9.72 Å². The summed E-state index contributed by atoms with van der Waals surface area (Å²) >= 11 is 13.2. The van der Waals surface area contributed by atoms with E-state index in [-0.39, 0.29) is 21.3 Å². The van der Waals surface area contributed by atoms with Crippen molar-refractivity contribution in [1.29, 1.82) is 0 Å². The van der Waals surface area contributed by atoms with Gasteiger partial charge >= 0.3 is 0 Å². The van der Waals surface area contributed by atoms with Gasteiger partial charge < -0.3 is 5.32 Å². The number of carbonyl (C=O) groups is 1. The third-order valence-electron chi connectivity index (χ3n) is 2.71. The normalized spacial score (nSPS) is 12.0. The SMILES string of the molecule is CSC(C)CCNC(=O)c1cc(Cl)c(Cl)c([N+](=O)[O-])c1. The molecule has 0 radical (unpaired) electrons. The van der Waals surface area contributed by atoms with Crippen molar-refractivity contribution in [2.24, 2.45) is 0 Å². The molecule has 110 valence electrons. The second-order valence-electron chi connectivity index (χ2n) is 4.14. The first kappa shape index (κ1) is 17.1. The van der Waals surface area contributed by atoms with Crippen LogP contribution in [-0.2, 0) is 0 Å². The van der Waals surface area contributed by atoms with Gasteiger partial charge in [0.15, 0.2) is 0 Å². The minimum Gasteiger partial charge on any atom is -0.352 e. The molecule has 0 aliphatic heterocycles. The summed E-state index contributed by atoms with van der Waals surface area (Å²) in [6, 6.07) is 2.45. The molecule has 0 saturated carbocycles.